The molecule has 0 spiro atoms. The van der Waals surface area contributed by atoms with Crippen molar-refractivity contribution in [1.82, 2.24) is 9.97 Å². The number of hydrogen-bond donors (Lipinski definition) is 1. The van der Waals surface area contributed by atoms with E-state index >= 15 is 0 Å². The monoisotopic (exact) mass is 416 g/mol. The molecule has 2 aromatic rings. The van der Waals surface area contributed by atoms with E-state index in [1.54, 1.807) is 12.1 Å². The van der Waals surface area contributed by atoms with Crippen LogP contribution in [-0.2, 0) is 22.3 Å². The molecule has 4 heterocycles. The molecule has 1 amide bonds. The van der Waals surface area contributed by atoms with E-state index in [1.807, 2.05) is 6.07 Å². The van der Waals surface area contributed by atoms with Gasteiger partial charge in [-0.3, -0.25) is 4.79 Å². The Balaban J connectivity index is 1.68. The number of carbonyl (C=O) groups excluding carboxylic acids is 1. The molecular formula is C21H25ClN4O3. The van der Waals surface area contributed by atoms with Gasteiger partial charge in [-0.25, -0.2) is 9.97 Å². The predicted octanol–water partition coefficient (Wildman–Crippen LogP) is 3.11. The van der Waals surface area contributed by atoms with Crippen LogP contribution in [0.2, 0.25) is 5.02 Å². The summed E-state index contributed by atoms with van der Waals surface area (Å²) >= 11 is 5.90. The Morgan fingerprint density at radius 1 is 1.21 bits per heavy atom. The number of pyridine rings is 2. The third-order valence-corrected chi connectivity index (χ3v) is 5.36. The highest BCUT2D eigenvalue weighted by molar-refractivity contribution is 6.30. The number of nitrogens with one attached hydrogen (secondary N) is 1. The Morgan fingerprint density at radius 2 is 1.97 bits per heavy atom. The van der Waals surface area contributed by atoms with Crippen LogP contribution in [0.3, 0.4) is 0 Å². The lowest BCUT2D eigenvalue weighted by Crippen LogP contribution is -2.46. The Hall–Kier alpha value is -2.22. The van der Waals surface area contributed by atoms with Crippen LogP contribution in [-0.4, -0.2) is 54.4 Å². The van der Waals surface area contributed by atoms with E-state index in [9.17, 15) is 4.79 Å². The van der Waals surface area contributed by atoms with E-state index in [2.05, 4.69) is 29.0 Å². The number of amides is 1. The standard InChI is InChI=1S/C21H25ClN4O3/c1-13-11-26(12-14(2)29-13)20-9-17(16-5-7-28-8-6-18(16)24-20)21(27)25-19-4-3-15(22)10-23-19/h3-4,9-10,13-14H,5-8,11-12H2,1-2H3,(H,23,25,27). The number of aromatic nitrogens is 2. The summed E-state index contributed by atoms with van der Waals surface area (Å²) in [6.07, 6.45) is 3.09. The van der Waals surface area contributed by atoms with Crippen LogP contribution in [0.4, 0.5) is 11.6 Å². The molecule has 0 bridgehead atoms. The van der Waals surface area contributed by atoms with Gasteiger partial charge in [0.2, 0.25) is 0 Å². The second kappa shape index (κ2) is 8.65. The maximum atomic E-state index is 13.2. The molecule has 1 N–H and O–H groups in total. The summed E-state index contributed by atoms with van der Waals surface area (Å²) < 4.78 is 11.5. The minimum absolute atomic E-state index is 0.109. The van der Waals surface area contributed by atoms with Crippen molar-refractivity contribution in [3.05, 3.63) is 46.2 Å². The normalized spacial score (nSPS) is 22.0. The molecule has 1 saturated heterocycles. The van der Waals surface area contributed by atoms with Gasteiger partial charge < -0.3 is 19.7 Å². The number of ether oxygens (including phenoxy) is 2. The van der Waals surface area contributed by atoms with E-state index in [4.69, 9.17) is 26.1 Å². The smallest absolute Gasteiger partial charge is 0.257 e. The van der Waals surface area contributed by atoms with Gasteiger partial charge in [-0.05, 0) is 44.0 Å². The fourth-order valence-electron chi connectivity index (χ4n) is 3.90. The van der Waals surface area contributed by atoms with Crippen molar-refractivity contribution in [3.8, 4) is 0 Å². The Bertz CT molecular complexity index is 880. The fourth-order valence-corrected chi connectivity index (χ4v) is 4.02. The minimum Gasteiger partial charge on any atom is -0.381 e. The van der Waals surface area contributed by atoms with Crippen molar-refractivity contribution in [2.24, 2.45) is 0 Å². The van der Waals surface area contributed by atoms with Crippen LogP contribution in [0.5, 0.6) is 0 Å². The quantitative estimate of drug-likeness (QED) is 0.828. The zero-order valence-corrected chi connectivity index (χ0v) is 17.4. The maximum absolute atomic E-state index is 13.2. The number of morpholine rings is 1. The zero-order chi connectivity index (χ0) is 20.4. The first-order chi connectivity index (χ1) is 14.0. The molecule has 29 heavy (non-hydrogen) atoms. The van der Waals surface area contributed by atoms with Crippen molar-refractivity contribution < 1.29 is 14.3 Å². The second-order valence-electron chi connectivity index (χ2n) is 7.54. The Labute approximate surface area is 175 Å². The number of rotatable bonds is 3. The Morgan fingerprint density at radius 3 is 2.69 bits per heavy atom. The summed E-state index contributed by atoms with van der Waals surface area (Å²) in [7, 11) is 0. The summed E-state index contributed by atoms with van der Waals surface area (Å²) in [4.78, 5) is 24.4. The van der Waals surface area contributed by atoms with Gasteiger partial charge in [-0.2, -0.15) is 0 Å². The molecule has 2 atom stereocenters. The van der Waals surface area contributed by atoms with E-state index in [-0.39, 0.29) is 18.1 Å². The first kappa shape index (κ1) is 20.1. The molecule has 0 aliphatic carbocycles. The minimum atomic E-state index is -0.198. The van der Waals surface area contributed by atoms with Crippen LogP contribution in [0, 0.1) is 0 Å². The summed E-state index contributed by atoms with van der Waals surface area (Å²) in [5, 5.41) is 3.41. The molecule has 4 rings (SSSR count). The van der Waals surface area contributed by atoms with Crippen molar-refractivity contribution >= 4 is 29.1 Å². The van der Waals surface area contributed by atoms with E-state index in [0.717, 1.165) is 30.2 Å². The van der Waals surface area contributed by atoms with E-state index < -0.39 is 0 Å². The number of anilines is 2. The molecule has 2 aromatic heterocycles. The molecule has 2 aliphatic heterocycles. The fraction of sp³-hybridized carbons (Fsp3) is 0.476. The topological polar surface area (TPSA) is 76.6 Å². The van der Waals surface area contributed by atoms with Crippen molar-refractivity contribution in [2.75, 3.05) is 36.5 Å². The molecule has 8 heteroatoms. The predicted molar refractivity (Wildman–Crippen MR) is 112 cm³/mol. The maximum Gasteiger partial charge on any atom is 0.257 e. The molecule has 154 valence electrons. The van der Waals surface area contributed by atoms with Gasteiger partial charge in [0.1, 0.15) is 11.6 Å². The van der Waals surface area contributed by atoms with Crippen molar-refractivity contribution in [2.45, 2.75) is 38.9 Å². The lowest BCUT2D eigenvalue weighted by molar-refractivity contribution is -0.00547. The number of halogens is 1. The van der Waals surface area contributed by atoms with Crippen LogP contribution in [0.1, 0.15) is 35.5 Å². The molecular weight excluding hydrogens is 392 g/mol. The van der Waals surface area contributed by atoms with Gasteiger partial charge in [-0.15, -0.1) is 0 Å². The van der Waals surface area contributed by atoms with E-state index in [1.165, 1.54) is 6.20 Å². The number of carbonyl (C=O) groups is 1. The SMILES string of the molecule is CC1CN(c2cc(C(=O)Nc3ccc(Cl)cn3)c3c(n2)CCOCC3)CC(C)O1. The van der Waals surface area contributed by atoms with Crippen LogP contribution in [0.25, 0.3) is 0 Å². The number of hydrogen-bond acceptors (Lipinski definition) is 6. The third-order valence-electron chi connectivity index (χ3n) is 5.13. The van der Waals surface area contributed by atoms with Gasteiger partial charge in [-0.1, -0.05) is 11.6 Å². The van der Waals surface area contributed by atoms with Gasteiger partial charge >= 0.3 is 0 Å². The molecule has 7 nitrogen and oxygen atoms in total. The van der Waals surface area contributed by atoms with E-state index in [0.29, 0.717) is 42.5 Å². The molecule has 2 aliphatic rings. The summed E-state index contributed by atoms with van der Waals surface area (Å²) in [6.45, 7) is 6.79. The number of nitrogens with zero attached hydrogens (tertiary/aromatic N) is 3. The molecule has 2 unspecified atom stereocenters. The van der Waals surface area contributed by atoms with Gasteiger partial charge in [0, 0.05) is 37.0 Å². The average Bonchev–Trinajstić information content (AvgIpc) is 2.93. The molecule has 0 radical (unpaired) electrons. The highest BCUT2D eigenvalue weighted by Crippen LogP contribution is 2.26. The summed E-state index contributed by atoms with van der Waals surface area (Å²) in [5.41, 5.74) is 2.51. The second-order valence-corrected chi connectivity index (χ2v) is 7.98. The van der Waals surface area contributed by atoms with Crippen molar-refractivity contribution in [1.29, 1.82) is 0 Å². The van der Waals surface area contributed by atoms with Gasteiger partial charge in [0.15, 0.2) is 0 Å². The van der Waals surface area contributed by atoms with Gasteiger partial charge in [0.05, 0.1) is 30.4 Å². The summed E-state index contributed by atoms with van der Waals surface area (Å²) in [5.74, 6) is 1.07. The third kappa shape index (κ3) is 4.69. The molecule has 1 fully saturated rings. The largest absolute Gasteiger partial charge is 0.381 e. The Kier molecular flexibility index (Phi) is 5.99. The van der Waals surface area contributed by atoms with Crippen molar-refractivity contribution in [3.63, 3.8) is 0 Å². The van der Waals surface area contributed by atoms with Gasteiger partial charge in [0.25, 0.3) is 5.91 Å². The zero-order valence-electron chi connectivity index (χ0n) is 16.7. The summed E-state index contributed by atoms with van der Waals surface area (Å²) in [6, 6.07) is 5.28. The average molecular weight is 417 g/mol. The highest BCUT2D eigenvalue weighted by Gasteiger charge is 2.27. The lowest BCUT2D eigenvalue weighted by atomic mass is 10.0. The molecule has 0 saturated carbocycles. The number of fused-ring (bicyclic) bond motifs is 1. The molecule has 0 aromatic carbocycles. The first-order valence-electron chi connectivity index (χ1n) is 9.93. The van der Waals surface area contributed by atoms with Crippen LogP contribution < -0.4 is 10.2 Å². The first-order valence-corrected chi connectivity index (χ1v) is 10.3. The lowest BCUT2D eigenvalue weighted by Gasteiger charge is -2.36. The van der Waals surface area contributed by atoms with Crippen LogP contribution >= 0.6 is 11.6 Å². The van der Waals surface area contributed by atoms with Crippen LogP contribution in [0.15, 0.2) is 24.4 Å². The highest BCUT2D eigenvalue weighted by atomic mass is 35.5.